The van der Waals surface area contributed by atoms with Gasteiger partial charge in [0.1, 0.15) is 0 Å². The molecule has 4 heteroatoms. The van der Waals surface area contributed by atoms with E-state index in [4.69, 9.17) is 11.5 Å². The summed E-state index contributed by atoms with van der Waals surface area (Å²) in [7, 11) is 0. The van der Waals surface area contributed by atoms with Crippen molar-refractivity contribution in [2.24, 2.45) is 17.4 Å². The fourth-order valence-electron chi connectivity index (χ4n) is 1.89. The molecule has 1 rings (SSSR count). The van der Waals surface area contributed by atoms with Gasteiger partial charge < -0.3 is 11.5 Å². The van der Waals surface area contributed by atoms with Gasteiger partial charge >= 0.3 is 0 Å². The fraction of sp³-hybridized carbons (Fsp3) is 0.778. The number of amides is 1. The Hall–Kier alpha value is -0.900. The number of primary amides is 1. The Kier molecular flexibility index (Phi) is 3.42. The quantitative estimate of drug-likeness (QED) is 0.600. The summed E-state index contributed by atoms with van der Waals surface area (Å²) in [6.45, 7) is 0. The van der Waals surface area contributed by atoms with Crippen LogP contribution < -0.4 is 11.5 Å². The average molecular weight is 184 g/mol. The zero-order valence-electron chi connectivity index (χ0n) is 7.66. The van der Waals surface area contributed by atoms with Gasteiger partial charge in [0.05, 0.1) is 6.04 Å². The highest BCUT2D eigenvalue weighted by Crippen LogP contribution is 2.28. The molecule has 1 amide bonds. The smallest absolute Gasteiger partial charge is 0.286 e. The van der Waals surface area contributed by atoms with Crippen LogP contribution in [-0.2, 0) is 9.59 Å². The summed E-state index contributed by atoms with van der Waals surface area (Å²) < 4.78 is 0. The van der Waals surface area contributed by atoms with E-state index in [9.17, 15) is 9.59 Å². The molecule has 0 aliphatic heterocycles. The van der Waals surface area contributed by atoms with Gasteiger partial charge in [-0.25, -0.2) is 0 Å². The highest BCUT2D eigenvalue weighted by molar-refractivity contribution is 6.37. The van der Waals surface area contributed by atoms with E-state index >= 15 is 0 Å². The lowest BCUT2D eigenvalue weighted by Crippen LogP contribution is -2.40. The Morgan fingerprint density at radius 1 is 1.31 bits per heavy atom. The van der Waals surface area contributed by atoms with Gasteiger partial charge in [0.2, 0.25) is 5.78 Å². The van der Waals surface area contributed by atoms with Crippen molar-refractivity contribution >= 4 is 11.7 Å². The van der Waals surface area contributed by atoms with Crippen LogP contribution in [0.15, 0.2) is 0 Å². The molecule has 1 aliphatic rings. The van der Waals surface area contributed by atoms with Gasteiger partial charge in [-0.15, -0.1) is 0 Å². The highest BCUT2D eigenvalue weighted by Gasteiger charge is 2.24. The Labute approximate surface area is 77.7 Å². The van der Waals surface area contributed by atoms with Crippen LogP contribution in [0.3, 0.4) is 0 Å². The molecule has 0 radical (unpaired) electrons. The van der Waals surface area contributed by atoms with E-state index in [1.54, 1.807) is 0 Å². The van der Waals surface area contributed by atoms with Crippen molar-refractivity contribution in [2.75, 3.05) is 0 Å². The van der Waals surface area contributed by atoms with E-state index in [0.29, 0.717) is 12.3 Å². The molecule has 13 heavy (non-hydrogen) atoms. The number of carbonyl (C=O) groups is 2. The fourth-order valence-corrected chi connectivity index (χ4v) is 1.89. The van der Waals surface area contributed by atoms with Crippen LogP contribution in [0.2, 0.25) is 0 Å². The third-order valence-electron chi connectivity index (χ3n) is 2.64. The van der Waals surface area contributed by atoms with Crippen molar-refractivity contribution in [2.45, 2.75) is 38.1 Å². The molecule has 74 valence electrons. The SMILES string of the molecule is NC(=O)C(=O)C(N)CC1CCCC1. The molecule has 4 N–H and O–H groups in total. The van der Waals surface area contributed by atoms with Crippen LogP contribution in [-0.4, -0.2) is 17.7 Å². The van der Waals surface area contributed by atoms with Gasteiger partial charge in [0.25, 0.3) is 5.91 Å². The molecule has 1 aliphatic carbocycles. The molecule has 0 saturated heterocycles. The number of nitrogens with two attached hydrogens (primary N) is 2. The van der Waals surface area contributed by atoms with E-state index in [0.717, 1.165) is 12.8 Å². The van der Waals surface area contributed by atoms with Gasteiger partial charge in [-0.3, -0.25) is 9.59 Å². The summed E-state index contributed by atoms with van der Waals surface area (Å²) in [6.07, 6.45) is 5.28. The minimum absolute atomic E-state index is 0.512. The first-order valence-electron chi connectivity index (χ1n) is 4.70. The van der Waals surface area contributed by atoms with Crippen LogP contribution in [0.1, 0.15) is 32.1 Å². The first-order valence-corrected chi connectivity index (χ1v) is 4.70. The normalized spacial score (nSPS) is 20.1. The molecule has 4 nitrogen and oxygen atoms in total. The Balaban J connectivity index is 2.35. The van der Waals surface area contributed by atoms with Crippen LogP contribution in [0.25, 0.3) is 0 Å². The number of carbonyl (C=O) groups excluding carboxylic acids is 2. The largest absolute Gasteiger partial charge is 0.363 e. The summed E-state index contributed by atoms with van der Waals surface area (Å²) in [5.41, 5.74) is 10.4. The zero-order chi connectivity index (χ0) is 9.84. The summed E-state index contributed by atoms with van der Waals surface area (Å²) in [4.78, 5) is 21.5. The zero-order valence-corrected chi connectivity index (χ0v) is 7.66. The van der Waals surface area contributed by atoms with Gasteiger partial charge in [0, 0.05) is 0 Å². The maximum Gasteiger partial charge on any atom is 0.286 e. The molecule has 0 bridgehead atoms. The molecule has 1 fully saturated rings. The molecule has 0 aromatic rings. The topological polar surface area (TPSA) is 86.2 Å². The maximum absolute atomic E-state index is 11.0. The first-order chi connectivity index (χ1) is 6.11. The standard InChI is InChI=1S/C9H16N2O2/c10-7(8(12)9(11)13)5-6-3-1-2-4-6/h6-7H,1-5,10H2,(H2,11,13). The molecule has 1 unspecified atom stereocenters. The summed E-state index contributed by atoms with van der Waals surface area (Å²) in [6, 6.07) is -0.680. The van der Waals surface area contributed by atoms with Crippen LogP contribution in [0.4, 0.5) is 0 Å². The molecule has 0 aromatic heterocycles. The second-order valence-electron chi connectivity index (χ2n) is 3.72. The lowest BCUT2D eigenvalue weighted by Gasteiger charge is -2.13. The van der Waals surface area contributed by atoms with Gasteiger partial charge in [0.15, 0.2) is 0 Å². The predicted octanol–water partition coefficient (Wildman–Crippen LogP) is -0.0516. The van der Waals surface area contributed by atoms with E-state index in [2.05, 4.69) is 0 Å². The Morgan fingerprint density at radius 3 is 2.31 bits per heavy atom. The Bertz CT molecular complexity index is 210. The van der Waals surface area contributed by atoms with E-state index in [1.165, 1.54) is 12.8 Å². The second kappa shape index (κ2) is 4.37. The van der Waals surface area contributed by atoms with Crippen LogP contribution >= 0.6 is 0 Å². The minimum atomic E-state index is -0.912. The third kappa shape index (κ3) is 2.81. The van der Waals surface area contributed by atoms with Gasteiger partial charge in [-0.05, 0) is 12.3 Å². The summed E-state index contributed by atoms with van der Waals surface area (Å²) in [5.74, 6) is -1.03. The summed E-state index contributed by atoms with van der Waals surface area (Å²) >= 11 is 0. The molecular weight excluding hydrogens is 168 g/mol. The lowest BCUT2D eigenvalue weighted by molar-refractivity contribution is -0.136. The third-order valence-corrected chi connectivity index (χ3v) is 2.64. The van der Waals surface area contributed by atoms with Crippen molar-refractivity contribution < 1.29 is 9.59 Å². The second-order valence-corrected chi connectivity index (χ2v) is 3.72. The van der Waals surface area contributed by atoms with E-state index < -0.39 is 17.7 Å². The minimum Gasteiger partial charge on any atom is -0.363 e. The molecule has 0 aromatic carbocycles. The van der Waals surface area contributed by atoms with Gasteiger partial charge in [-0.2, -0.15) is 0 Å². The lowest BCUT2D eigenvalue weighted by atomic mass is 9.96. The van der Waals surface area contributed by atoms with Gasteiger partial charge in [-0.1, -0.05) is 25.7 Å². The van der Waals surface area contributed by atoms with Crippen LogP contribution in [0, 0.1) is 5.92 Å². The van der Waals surface area contributed by atoms with Crippen LogP contribution in [0.5, 0.6) is 0 Å². The highest BCUT2D eigenvalue weighted by atomic mass is 16.2. The number of rotatable bonds is 4. The molecule has 0 heterocycles. The van der Waals surface area contributed by atoms with E-state index in [1.807, 2.05) is 0 Å². The van der Waals surface area contributed by atoms with Crippen molar-refractivity contribution in [3.8, 4) is 0 Å². The molecule has 1 saturated carbocycles. The Morgan fingerprint density at radius 2 is 1.85 bits per heavy atom. The molecule has 0 spiro atoms. The number of hydrogen-bond acceptors (Lipinski definition) is 3. The van der Waals surface area contributed by atoms with Crippen molar-refractivity contribution in [3.05, 3.63) is 0 Å². The number of ketones is 1. The maximum atomic E-state index is 11.0. The summed E-state index contributed by atoms with van der Waals surface area (Å²) in [5, 5.41) is 0. The average Bonchev–Trinajstić information content (AvgIpc) is 2.55. The van der Waals surface area contributed by atoms with Crippen molar-refractivity contribution in [1.29, 1.82) is 0 Å². The molecule has 1 atom stereocenters. The van der Waals surface area contributed by atoms with Crippen molar-refractivity contribution in [1.82, 2.24) is 0 Å². The first kappa shape index (κ1) is 10.2. The van der Waals surface area contributed by atoms with E-state index in [-0.39, 0.29) is 0 Å². The molecular formula is C9H16N2O2. The predicted molar refractivity (Wildman–Crippen MR) is 48.8 cm³/mol. The monoisotopic (exact) mass is 184 g/mol. The number of hydrogen-bond donors (Lipinski definition) is 2. The number of Topliss-reactive ketones (excluding diaryl/α,β-unsaturated/α-hetero) is 1. The van der Waals surface area contributed by atoms with Crippen molar-refractivity contribution in [3.63, 3.8) is 0 Å².